The third-order valence-corrected chi connectivity index (χ3v) is 7.78. The maximum Gasteiger partial charge on any atom is 0.254 e. The van der Waals surface area contributed by atoms with E-state index in [0.29, 0.717) is 30.3 Å². The molecule has 5 rings (SSSR count). The highest BCUT2D eigenvalue weighted by Crippen LogP contribution is 2.35. The second kappa shape index (κ2) is 10.2. The number of hydrogen-bond donors (Lipinski definition) is 0. The predicted molar refractivity (Wildman–Crippen MR) is 134 cm³/mol. The minimum atomic E-state index is -0.360. The standard InChI is InChI=1S/C28H29FN2O3S/c1-19-5-2-3-8-23(19)28(33)30(16-20-9-10-20)17-27(32)31-13-11-26-24(12-14-35-26)25(31)18-34-22-7-4-6-21(29)15-22/h2-8,12,14-15,20,25H,9-11,13,16-18H2,1H3/t25-/m0/s1. The van der Waals surface area contributed by atoms with E-state index in [1.807, 2.05) is 47.5 Å². The monoisotopic (exact) mass is 492 g/mol. The quantitative estimate of drug-likeness (QED) is 0.431. The van der Waals surface area contributed by atoms with Gasteiger partial charge in [-0.2, -0.15) is 0 Å². The SMILES string of the molecule is Cc1ccccc1C(=O)N(CC(=O)N1CCc2sccc2[C@@H]1COc1cccc(F)c1)CC1CC1. The molecule has 7 heteroatoms. The van der Waals surface area contributed by atoms with Gasteiger partial charge in [-0.3, -0.25) is 9.59 Å². The number of amides is 2. The number of benzene rings is 2. The minimum absolute atomic E-state index is 0.0413. The zero-order valence-electron chi connectivity index (χ0n) is 19.8. The van der Waals surface area contributed by atoms with Crippen LogP contribution in [0.25, 0.3) is 0 Å². The van der Waals surface area contributed by atoms with Crippen LogP contribution in [-0.2, 0) is 11.2 Å². The molecule has 2 aromatic carbocycles. The van der Waals surface area contributed by atoms with Gasteiger partial charge in [-0.25, -0.2) is 4.39 Å². The Kier molecular flexibility index (Phi) is 6.86. The summed E-state index contributed by atoms with van der Waals surface area (Å²) in [5.41, 5.74) is 2.63. The fraction of sp³-hybridized carbons (Fsp3) is 0.357. The van der Waals surface area contributed by atoms with Crippen LogP contribution in [0, 0.1) is 18.7 Å². The summed E-state index contributed by atoms with van der Waals surface area (Å²) in [6, 6.07) is 15.3. The average Bonchev–Trinajstić information content (AvgIpc) is 3.54. The van der Waals surface area contributed by atoms with Crippen molar-refractivity contribution in [3.05, 3.63) is 87.4 Å². The van der Waals surface area contributed by atoms with Gasteiger partial charge in [0.05, 0.1) is 6.04 Å². The molecule has 1 aliphatic carbocycles. The van der Waals surface area contributed by atoms with E-state index in [0.717, 1.165) is 30.4 Å². The molecule has 3 aromatic rings. The van der Waals surface area contributed by atoms with Crippen molar-refractivity contribution in [3.8, 4) is 5.75 Å². The zero-order valence-corrected chi connectivity index (χ0v) is 20.6. The lowest BCUT2D eigenvalue weighted by atomic mass is 10.00. The summed E-state index contributed by atoms with van der Waals surface area (Å²) in [7, 11) is 0. The summed E-state index contributed by atoms with van der Waals surface area (Å²) < 4.78 is 19.6. The number of nitrogens with zero attached hydrogens (tertiary/aromatic N) is 2. The lowest BCUT2D eigenvalue weighted by molar-refractivity contribution is -0.135. The third kappa shape index (κ3) is 5.40. The largest absolute Gasteiger partial charge is 0.491 e. The molecular weight excluding hydrogens is 463 g/mol. The van der Waals surface area contributed by atoms with Crippen molar-refractivity contribution in [3.63, 3.8) is 0 Å². The molecule has 0 bridgehead atoms. The number of aryl methyl sites for hydroxylation is 1. The molecule has 5 nitrogen and oxygen atoms in total. The van der Waals surface area contributed by atoms with E-state index in [1.165, 1.54) is 17.0 Å². The molecule has 0 radical (unpaired) electrons. The Hall–Kier alpha value is -3.19. The van der Waals surface area contributed by atoms with Crippen molar-refractivity contribution in [2.24, 2.45) is 5.92 Å². The Balaban J connectivity index is 1.35. The lowest BCUT2D eigenvalue weighted by Crippen LogP contribution is -2.48. The molecule has 2 aliphatic rings. The van der Waals surface area contributed by atoms with Crippen LogP contribution in [0.2, 0.25) is 0 Å². The predicted octanol–water partition coefficient (Wildman–Crippen LogP) is 5.25. The Morgan fingerprint density at radius 2 is 1.97 bits per heavy atom. The third-order valence-electron chi connectivity index (χ3n) is 6.78. The smallest absolute Gasteiger partial charge is 0.254 e. The van der Waals surface area contributed by atoms with Crippen molar-refractivity contribution in [2.45, 2.75) is 32.2 Å². The summed E-state index contributed by atoms with van der Waals surface area (Å²) in [6.45, 7) is 3.36. The van der Waals surface area contributed by atoms with Gasteiger partial charge in [0.2, 0.25) is 5.91 Å². The first-order valence-corrected chi connectivity index (χ1v) is 13.0. The molecule has 0 spiro atoms. The van der Waals surface area contributed by atoms with Gasteiger partial charge in [-0.05, 0) is 72.9 Å². The molecule has 0 N–H and O–H groups in total. The van der Waals surface area contributed by atoms with Gasteiger partial charge in [0, 0.05) is 29.6 Å². The maximum atomic E-state index is 13.7. The van der Waals surface area contributed by atoms with Crippen LogP contribution < -0.4 is 4.74 Å². The lowest BCUT2D eigenvalue weighted by Gasteiger charge is -2.37. The van der Waals surface area contributed by atoms with Gasteiger partial charge in [0.15, 0.2) is 0 Å². The van der Waals surface area contributed by atoms with Gasteiger partial charge < -0.3 is 14.5 Å². The second-order valence-corrected chi connectivity index (χ2v) is 10.4. The number of hydrogen-bond acceptors (Lipinski definition) is 4. The normalized spacial score (nSPS) is 17.1. The fourth-order valence-electron chi connectivity index (χ4n) is 4.68. The Labute approximate surface area is 209 Å². The van der Waals surface area contributed by atoms with Crippen LogP contribution in [0.1, 0.15) is 45.2 Å². The number of rotatable bonds is 8. The number of carbonyl (C=O) groups excluding carboxylic acids is 2. The maximum absolute atomic E-state index is 13.7. The molecule has 1 aromatic heterocycles. The van der Waals surface area contributed by atoms with Crippen molar-refractivity contribution >= 4 is 23.2 Å². The molecule has 182 valence electrons. The average molecular weight is 493 g/mol. The molecule has 0 saturated heterocycles. The Morgan fingerprint density at radius 3 is 2.74 bits per heavy atom. The fourth-order valence-corrected chi connectivity index (χ4v) is 5.60. The van der Waals surface area contributed by atoms with Gasteiger partial charge in [-0.1, -0.05) is 24.3 Å². The van der Waals surface area contributed by atoms with Crippen molar-refractivity contribution in [1.29, 1.82) is 0 Å². The van der Waals surface area contributed by atoms with E-state index < -0.39 is 0 Å². The minimum Gasteiger partial charge on any atom is -0.491 e. The van der Waals surface area contributed by atoms with Gasteiger partial charge in [-0.15, -0.1) is 11.3 Å². The van der Waals surface area contributed by atoms with Crippen LogP contribution in [0.15, 0.2) is 60.0 Å². The second-order valence-electron chi connectivity index (χ2n) is 9.36. The molecular formula is C28H29FN2O3S. The zero-order chi connectivity index (χ0) is 24.4. The number of ether oxygens (including phenoxy) is 1. The van der Waals surface area contributed by atoms with Gasteiger partial charge in [0.25, 0.3) is 5.91 Å². The van der Waals surface area contributed by atoms with Crippen LogP contribution in [-0.4, -0.2) is 47.9 Å². The molecule has 0 unspecified atom stereocenters. The topological polar surface area (TPSA) is 49.9 Å². The number of fused-ring (bicyclic) bond motifs is 1. The summed E-state index contributed by atoms with van der Waals surface area (Å²) >= 11 is 1.68. The van der Waals surface area contributed by atoms with Crippen LogP contribution in [0.4, 0.5) is 4.39 Å². The van der Waals surface area contributed by atoms with Gasteiger partial charge in [0.1, 0.15) is 24.7 Å². The Morgan fingerprint density at radius 1 is 1.14 bits per heavy atom. The molecule has 1 aliphatic heterocycles. The molecule has 2 amide bonds. The van der Waals surface area contributed by atoms with E-state index in [-0.39, 0.29) is 36.8 Å². The highest BCUT2D eigenvalue weighted by atomic mass is 32.1. The first-order valence-electron chi connectivity index (χ1n) is 12.1. The number of thiophene rings is 1. The summed E-state index contributed by atoms with van der Waals surface area (Å²) in [6.07, 6.45) is 2.97. The molecule has 35 heavy (non-hydrogen) atoms. The molecule has 2 heterocycles. The first-order chi connectivity index (χ1) is 17.0. The van der Waals surface area contributed by atoms with Gasteiger partial charge >= 0.3 is 0 Å². The number of carbonyl (C=O) groups is 2. The number of halogens is 1. The molecule has 1 atom stereocenters. The summed E-state index contributed by atoms with van der Waals surface area (Å²) in [5.74, 6) is 0.361. The van der Waals surface area contributed by atoms with E-state index >= 15 is 0 Å². The highest BCUT2D eigenvalue weighted by Gasteiger charge is 2.35. The highest BCUT2D eigenvalue weighted by molar-refractivity contribution is 7.10. The summed E-state index contributed by atoms with van der Waals surface area (Å²) in [5, 5.41) is 2.04. The van der Waals surface area contributed by atoms with E-state index in [2.05, 4.69) is 0 Å². The molecule has 1 saturated carbocycles. The van der Waals surface area contributed by atoms with Crippen LogP contribution in [0.3, 0.4) is 0 Å². The van der Waals surface area contributed by atoms with Crippen molar-refractivity contribution < 1.29 is 18.7 Å². The van der Waals surface area contributed by atoms with Crippen LogP contribution >= 0.6 is 11.3 Å². The van der Waals surface area contributed by atoms with Crippen molar-refractivity contribution in [2.75, 3.05) is 26.2 Å². The van der Waals surface area contributed by atoms with E-state index in [1.54, 1.807) is 28.4 Å². The van der Waals surface area contributed by atoms with E-state index in [9.17, 15) is 14.0 Å². The van der Waals surface area contributed by atoms with Crippen LogP contribution in [0.5, 0.6) is 5.75 Å². The first kappa shape index (κ1) is 23.5. The Bertz CT molecular complexity index is 1220. The molecule has 1 fully saturated rings. The summed E-state index contributed by atoms with van der Waals surface area (Å²) in [4.78, 5) is 31.9. The van der Waals surface area contributed by atoms with E-state index in [4.69, 9.17) is 4.74 Å². The van der Waals surface area contributed by atoms with Crippen molar-refractivity contribution in [1.82, 2.24) is 9.80 Å².